The zero-order valence-electron chi connectivity index (χ0n) is 11.2. The van der Waals surface area contributed by atoms with Gasteiger partial charge in [0.2, 0.25) is 0 Å². The van der Waals surface area contributed by atoms with Crippen LogP contribution in [0.2, 0.25) is 0 Å². The van der Waals surface area contributed by atoms with Gasteiger partial charge in [-0.15, -0.1) is 0 Å². The van der Waals surface area contributed by atoms with Crippen LogP contribution in [0.1, 0.15) is 13.3 Å². The van der Waals surface area contributed by atoms with Crippen molar-refractivity contribution in [2.45, 2.75) is 18.9 Å². The van der Waals surface area contributed by atoms with Gasteiger partial charge in [-0.25, -0.2) is 0 Å². The Labute approximate surface area is 108 Å². The van der Waals surface area contributed by atoms with Gasteiger partial charge in [-0.1, -0.05) is 12.2 Å². The van der Waals surface area contributed by atoms with Gasteiger partial charge in [0.05, 0.1) is 18.5 Å². The van der Waals surface area contributed by atoms with E-state index >= 15 is 0 Å². The minimum Gasteiger partial charge on any atom is -0.501 e. The van der Waals surface area contributed by atoms with Gasteiger partial charge in [-0.05, 0) is 31.6 Å². The van der Waals surface area contributed by atoms with Crippen LogP contribution >= 0.6 is 11.8 Å². The van der Waals surface area contributed by atoms with Crippen LogP contribution in [0, 0.1) is 17.8 Å². The lowest BCUT2D eigenvalue weighted by molar-refractivity contribution is 0.0781. The predicted octanol–water partition coefficient (Wildman–Crippen LogP) is 3.11. The van der Waals surface area contributed by atoms with Crippen LogP contribution in [0.25, 0.3) is 0 Å². The summed E-state index contributed by atoms with van der Waals surface area (Å²) in [6, 6.07) is 0. The molecule has 0 spiro atoms. The zero-order valence-corrected chi connectivity index (χ0v) is 12.0. The molecule has 0 amide bonds. The lowest BCUT2D eigenvalue weighted by atomic mass is 9.88. The van der Waals surface area contributed by atoms with Crippen LogP contribution in [0.15, 0.2) is 24.0 Å². The summed E-state index contributed by atoms with van der Waals surface area (Å²) in [4.78, 5) is 0. The second kappa shape index (κ2) is 4.69. The average Bonchev–Trinajstić information content (AvgIpc) is 2.95. The number of methoxy groups -OCH3 is 2. The lowest BCUT2D eigenvalue weighted by Crippen LogP contribution is -2.20. The number of ether oxygens (including phenoxy) is 2. The third-order valence-electron chi connectivity index (χ3n) is 4.27. The molecule has 0 bridgehead atoms. The highest BCUT2D eigenvalue weighted by atomic mass is 32.2. The minimum atomic E-state index is 0.0490. The zero-order chi connectivity index (χ0) is 12.6. The average molecular weight is 254 g/mol. The molecular weight excluding hydrogens is 232 g/mol. The van der Waals surface area contributed by atoms with E-state index in [2.05, 4.69) is 25.8 Å². The van der Waals surface area contributed by atoms with Gasteiger partial charge in [0.15, 0.2) is 0 Å². The monoisotopic (exact) mass is 254 g/mol. The van der Waals surface area contributed by atoms with E-state index in [9.17, 15) is 0 Å². The molecule has 0 saturated heterocycles. The smallest absolute Gasteiger partial charge is 0.0990 e. The maximum Gasteiger partial charge on any atom is 0.0990 e. The highest BCUT2D eigenvalue weighted by Gasteiger charge is 2.66. The molecule has 0 unspecified atom stereocenters. The summed E-state index contributed by atoms with van der Waals surface area (Å²) >= 11 is 1.86. The summed E-state index contributed by atoms with van der Waals surface area (Å²) in [5, 5.41) is 0. The first-order valence-electron chi connectivity index (χ1n) is 6.06. The third-order valence-corrected chi connectivity index (χ3v) is 5.01. The lowest BCUT2D eigenvalue weighted by Gasteiger charge is -2.22. The SMILES string of the molecule is C=C(C)[C@H]1C[C@H]2[C@@H](C=C1OC)[C@@]2(CSC)OC. The molecule has 2 nitrogen and oxygen atoms in total. The van der Waals surface area contributed by atoms with E-state index < -0.39 is 0 Å². The van der Waals surface area contributed by atoms with Gasteiger partial charge in [0.25, 0.3) is 0 Å². The van der Waals surface area contributed by atoms with E-state index in [4.69, 9.17) is 9.47 Å². The number of fused-ring (bicyclic) bond motifs is 1. The Hall–Kier alpha value is -0.410. The van der Waals surface area contributed by atoms with Crippen LogP contribution in [-0.2, 0) is 9.47 Å². The van der Waals surface area contributed by atoms with E-state index in [0.717, 1.165) is 17.9 Å². The van der Waals surface area contributed by atoms with Crippen LogP contribution in [-0.4, -0.2) is 31.8 Å². The van der Waals surface area contributed by atoms with Crippen LogP contribution in [0.5, 0.6) is 0 Å². The summed E-state index contributed by atoms with van der Waals surface area (Å²) < 4.78 is 11.3. The topological polar surface area (TPSA) is 18.5 Å². The molecule has 1 saturated carbocycles. The summed E-state index contributed by atoms with van der Waals surface area (Å²) in [6.45, 7) is 6.17. The third kappa shape index (κ3) is 1.93. The number of hydrogen-bond acceptors (Lipinski definition) is 3. The fraction of sp³-hybridized carbons (Fsp3) is 0.714. The molecular formula is C14H22O2S. The molecule has 0 aromatic rings. The van der Waals surface area contributed by atoms with Crippen molar-refractivity contribution in [3.8, 4) is 0 Å². The molecule has 17 heavy (non-hydrogen) atoms. The maximum atomic E-state index is 5.81. The second-order valence-electron chi connectivity index (χ2n) is 5.13. The molecule has 3 heteroatoms. The van der Waals surface area contributed by atoms with Gasteiger partial charge in [-0.2, -0.15) is 11.8 Å². The fourth-order valence-electron chi connectivity index (χ4n) is 3.22. The molecule has 0 heterocycles. The predicted molar refractivity (Wildman–Crippen MR) is 73.1 cm³/mol. The summed E-state index contributed by atoms with van der Waals surface area (Å²) in [5.74, 6) is 3.69. The number of allylic oxidation sites excluding steroid dienone is 1. The molecule has 0 N–H and O–H groups in total. The van der Waals surface area contributed by atoms with E-state index in [1.807, 2.05) is 18.9 Å². The van der Waals surface area contributed by atoms with Gasteiger partial charge >= 0.3 is 0 Å². The highest BCUT2D eigenvalue weighted by Crippen LogP contribution is 2.62. The Morgan fingerprint density at radius 1 is 1.59 bits per heavy atom. The number of rotatable bonds is 5. The van der Waals surface area contributed by atoms with Crippen LogP contribution in [0.3, 0.4) is 0 Å². The van der Waals surface area contributed by atoms with Gasteiger partial charge < -0.3 is 9.47 Å². The van der Waals surface area contributed by atoms with E-state index in [1.54, 1.807) is 7.11 Å². The first-order chi connectivity index (χ1) is 8.10. The Balaban J connectivity index is 2.21. The van der Waals surface area contributed by atoms with Crippen molar-refractivity contribution >= 4 is 11.8 Å². The molecule has 2 rings (SSSR count). The summed E-state index contributed by atoms with van der Waals surface area (Å²) in [7, 11) is 3.60. The highest BCUT2D eigenvalue weighted by molar-refractivity contribution is 7.98. The Morgan fingerprint density at radius 3 is 2.76 bits per heavy atom. The molecule has 96 valence electrons. The fourth-order valence-corrected chi connectivity index (χ4v) is 4.20. The molecule has 1 fully saturated rings. The first kappa shape index (κ1) is 13.0. The Bertz CT molecular complexity index is 350. The number of thioether (sulfide) groups is 1. The maximum absolute atomic E-state index is 5.81. The molecule has 2 aliphatic carbocycles. The standard InChI is InChI=1S/C14H22O2S/c1-9(2)10-6-11-12(7-13(10)15-3)14(11,16-4)8-17-5/h7,10-12H,1,6,8H2,2-5H3/t10-,11+,12-,14+/m1/s1. The molecule has 2 aliphatic rings. The molecule has 0 aromatic carbocycles. The molecule has 0 aliphatic heterocycles. The van der Waals surface area contributed by atoms with Crippen molar-refractivity contribution in [3.05, 3.63) is 24.0 Å². The van der Waals surface area contributed by atoms with Crippen molar-refractivity contribution in [2.75, 3.05) is 26.2 Å². The summed E-state index contributed by atoms with van der Waals surface area (Å²) in [5.41, 5.74) is 1.24. The van der Waals surface area contributed by atoms with Crippen LogP contribution < -0.4 is 0 Å². The van der Waals surface area contributed by atoms with Crippen molar-refractivity contribution in [1.29, 1.82) is 0 Å². The Morgan fingerprint density at radius 2 is 2.29 bits per heavy atom. The Kier molecular flexibility index (Phi) is 3.60. The van der Waals surface area contributed by atoms with Crippen molar-refractivity contribution in [3.63, 3.8) is 0 Å². The molecule has 0 radical (unpaired) electrons. The van der Waals surface area contributed by atoms with E-state index in [0.29, 0.717) is 17.8 Å². The summed E-state index contributed by atoms with van der Waals surface area (Å²) in [6.07, 6.45) is 5.53. The normalized spacial score (nSPS) is 39.3. The van der Waals surface area contributed by atoms with E-state index in [-0.39, 0.29) is 5.60 Å². The largest absolute Gasteiger partial charge is 0.501 e. The quantitative estimate of drug-likeness (QED) is 0.702. The molecule has 4 atom stereocenters. The molecule has 0 aromatic heterocycles. The van der Waals surface area contributed by atoms with Crippen molar-refractivity contribution in [2.24, 2.45) is 17.8 Å². The van der Waals surface area contributed by atoms with Gasteiger partial charge in [-0.3, -0.25) is 0 Å². The number of hydrogen-bond donors (Lipinski definition) is 0. The van der Waals surface area contributed by atoms with Crippen LogP contribution in [0.4, 0.5) is 0 Å². The van der Waals surface area contributed by atoms with Crippen molar-refractivity contribution in [1.82, 2.24) is 0 Å². The van der Waals surface area contributed by atoms with Gasteiger partial charge in [0.1, 0.15) is 0 Å². The van der Waals surface area contributed by atoms with Crippen molar-refractivity contribution < 1.29 is 9.47 Å². The minimum absolute atomic E-state index is 0.0490. The first-order valence-corrected chi connectivity index (χ1v) is 7.45. The second-order valence-corrected chi connectivity index (χ2v) is 6.00. The van der Waals surface area contributed by atoms with E-state index in [1.165, 1.54) is 5.57 Å². The van der Waals surface area contributed by atoms with Gasteiger partial charge in [0, 0.05) is 24.7 Å².